The van der Waals surface area contributed by atoms with E-state index in [9.17, 15) is 39.4 Å². The monoisotopic (exact) mass is 1670 g/mol. The number of nitrogens with zero attached hydrogens (tertiary/aromatic N) is 18. The van der Waals surface area contributed by atoms with Gasteiger partial charge in [0.2, 0.25) is 23.8 Å². The number of anilines is 14. The quantitative estimate of drug-likeness (QED) is 0.0193. The lowest BCUT2D eigenvalue weighted by Crippen LogP contribution is -2.44. The number of benzene rings is 8. The van der Waals surface area contributed by atoms with Crippen LogP contribution in [0.4, 0.5) is 92.0 Å². The number of rotatable bonds is 16. The van der Waals surface area contributed by atoms with E-state index in [0.717, 1.165) is 75.1 Å². The Balaban J connectivity index is 0.000000129. The van der Waals surface area contributed by atoms with E-state index in [1.807, 2.05) is 42.5 Å². The molecule has 0 unspecified atom stereocenters. The van der Waals surface area contributed by atoms with Gasteiger partial charge in [-0.3, -0.25) is 39.4 Å². The summed E-state index contributed by atoms with van der Waals surface area (Å²) in [5.74, 6) is 2.58. The van der Waals surface area contributed by atoms with Gasteiger partial charge in [-0.15, -0.1) is 0 Å². The van der Waals surface area contributed by atoms with Crippen molar-refractivity contribution in [3.8, 4) is 23.0 Å². The van der Waals surface area contributed by atoms with Crippen molar-refractivity contribution in [2.75, 3.05) is 149 Å². The average Bonchev–Trinajstić information content (AvgIpc) is 0.752. The highest BCUT2D eigenvalue weighted by Crippen LogP contribution is 2.38. The van der Waals surface area contributed by atoms with Crippen molar-refractivity contribution in [2.45, 2.75) is 0 Å². The number of nitro benzene ring substituents is 2. The van der Waals surface area contributed by atoms with Gasteiger partial charge in [-0.05, 0) is 135 Å². The minimum atomic E-state index is -0.589. The topological polar surface area (TPSA) is 479 Å². The van der Waals surface area contributed by atoms with Gasteiger partial charge in [0.1, 0.15) is 33.6 Å². The number of hydrogen-bond acceptors (Lipinski definition) is 32. The lowest BCUT2D eigenvalue weighted by atomic mass is 10.1. The number of fused-ring (bicyclic) bond motifs is 12. The molecule has 12 N–H and O–H groups in total. The zero-order valence-corrected chi connectivity index (χ0v) is 69.1. The SMILES string of the molecule is COc1cc2c(cc1N)c(=O)n(C)c1cnc(Nc3ccc(N4CCN(C)CC4)cc3)nc21.COc1cc2c(cc1N)c(=O)n(C)c1cnc(Nc3cccc(N)c3)nc21.COc1cc2c(cc1[N+](=O)[O-])c(=O)n(C)c1cnc(Nc3ccc(N4CCN(C)CC4)cc3)nc21.COc1cc2c(cc1[N+](=O)[O-])c(=O)n(C)c1cnc(Nc3cccc(N)c3)nc21. The first kappa shape index (κ1) is 83.0. The van der Waals surface area contributed by atoms with Crippen LogP contribution in [0.1, 0.15) is 0 Å². The molecule has 0 aliphatic carbocycles. The number of aryl methyl sites for hydroxylation is 4. The number of aromatic nitrogens is 12. The molecular formula is C86H86N26O12. The summed E-state index contributed by atoms with van der Waals surface area (Å²) in [6.45, 7) is 8.24. The van der Waals surface area contributed by atoms with Crippen molar-refractivity contribution in [1.82, 2.24) is 67.9 Å². The highest BCUT2D eigenvalue weighted by Gasteiger charge is 2.26. The van der Waals surface area contributed by atoms with Gasteiger partial charge in [-0.25, -0.2) is 39.9 Å². The Bertz CT molecular complexity index is 7180. The van der Waals surface area contributed by atoms with Crippen LogP contribution in [0.2, 0.25) is 0 Å². The molecule has 38 heteroatoms. The molecule has 2 aliphatic rings. The number of nitrogens with one attached hydrogen (secondary N) is 4. The van der Waals surface area contributed by atoms with Crippen molar-refractivity contribution in [1.29, 1.82) is 0 Å². The van der Waals surface area contributed by atoms with Gasteiger partial charge in [0.25, 0.3) is 22.2 Å². The second-order valence-electron chi connectivity index (χ2n) is 29.5. The normalized spacial score (nSPS) is 13.0. The third-order valence-corrected chi connectivity index (χ3v) is 21.7. The number of hydrogen-bond donors (Lipinski definition) is 8. The van der Waals surface area contributed by atoms with Crippen LogP contribution in [-0.4, -0.2) is 173 Å². The van der Waals surface area contributed by atoms with Crippen molar-refractivity contribution >= 4 is 179 Å². The fourth-order valence-electron chi connectivity index (χ4n) is 14.9. The summed E-state index contributed by atoms with van der Waals surface area (Å²) in [7, 11) is 16.6. The number of pyridine rings is 4. The Morgan fingerprint density at radius 2 is 0.613 bits per heavy atom. The van der Waals surface area contributed by atoms with Gasteiger partial charge >= 0.3 is 11.4 Å². The fraction of sp³-hybridized carbons (Fsp3) is 0.209. The number of piperazine rings is 2. The van der Waals surface area contributed by atoms with Gasteiger partial charge in [0, 0.05) is 160 Å². The first-order valence-electron chi connectivity index (χ1n) is 38.8. The summed E-state index contributed by atoms with van der Waals surface area (Å²) in [4.78, 5) is 118. The first-order chi connectivity index (χ1) is 59.6. The summed E-state index contributed by atoms with van der Waals surface area (Å²) < 4.78 is 26.8. The molecular weight excluding hydrogens is 1590 g/mol. The molecule has 2 aliphatic heterocycles. The maximum atomic E-state index is 12.9. The van der Waals surface area contributed by atoms with Crippen LogP contribution in [0.3, 0.4) is 0 Å². The Morgan fingerprint density at radius 3 is 0.887 bits per heavy atom. The van der Waals surface area contributed by atoms with Gasteiger partial charge in [-0.2, -0.15) is 0 Å². The lowest BCUT2D eigenvalue weighted by Gasteiger charge is -2.34. The molecule has 2 fully saturated rings. The third-order valence-electron chi connectivity index (χ3n) is 21.7. The van der Waals surface area contributed by atoms with E-state index in [4.69, 9.17) is 46.9 Å². The van der Waals surface area contributed by atoms with Crippen LogP contribution < -0.4 is 95.2 Å². The van der Waals surface area contributed by atoms with Crippen LogP contribution in [0, 0.1) is 20.2 Å². The number of nitro groups is 2. The van der Waals surface area contributed by atoms with Crippen molar-refractivity contribution in [2.24, 2.45) is 28.2 Å². The Kier molecular flexibility index (Phi) is 23.2. The Labute approximate surface area is 704 Å². The molecule has 38 nitrogen and oxygen atoms in total. The predicted octanol–water partition coefficient (Wildman–Crippen LogP) is 10.6. The molecule has 8 aromatic heterocycles. The molecule has 2 saturated heterocycles. The van der Waals surface area contributed by atoms with E-state index in [0.29, 0.717) is 140 Å². The van der Waals surface area contributed by atoms with Crippen LogP contribution in [0.15, 0.2) is 190 Å². The van der Waals surface area contributed by atoms with Gasteiger partial charge < -0.3 is 101 Å². The Morgan fingerprint density at radius 1 is 0.339 bits per heavy atom. The largest absolute Gasteiger partial charge is 0.495 e. The molecule has 0 atom stereocenters. The van der Waals surface area contributed by atoms with Crippen LogP contribution in [-0.2, 0) is 28.2 Å². The van der Waals surface area contributed by atoms with Crippen LogP contribution in [0.25, 0.3) is 87.2 Å². The number of likely N-dealkylation sites (N-methyl/N-ethyl adjacent to an activating group) is 2. The third kappa shape index (κ3) is 16.7. The van der Waals surface area contributed by atoms with Gasteiger partial charge in [0.05, 0.1) is 118 Å². The summed E-state index contributed by atoms with van der Waals surface area (Å²) in [5, 5.41) is 39.0. The maximum Gasteiger partial charge on any atom is 0.311 e. The first-order valence-corrected chi connectivity index (χ1v) is 38.8. The second kappa shape index (κ2) is 34.7. The maximum absolute atomic E-state index is 12.9. The molecule has 16 aromatic rings. The molecule has 10 heterocycles. The molecule has 124 heavy (non-hydrogen) atoms. The van der Waals surface area contributed by atoms with E-state index in [1.54, 1.807) is 108 Å². The van der Waals surface area contributed by atoms with E-state index < -0.39 is 15.4 Å². The zero-order valence-electron chi connectivity index (χ0n) is 69.1. The molecule has 8 aromatic carbocycles. The smallest absolute Gasteiger partial charge is 0.311 e. The highest BCUT2D eigenvalue weighted by molar-refractivity contribution is 6.09. The standard InChI is InChI=1S/C24H25N7O4.C24H27N7O2.C19H16N6O4.C19H18N6O2/c1-28-8-10-30(11-9-28)16-6-4-15(5-7-16)26-24-25-14-20-22(27-24)17-13-21(35-3)19(31(33)34)12-18(17)23(32)29(20)2;1-29-8-10-31(11-9-29)16-6-4-15(5-7-16)27-24-26-14-20-22(28-24)17-13-21(33-3)19(25)12-18(17)23(32)30(20)2;1-24-15-9-21-19(22-11-5-3-4-10(20)6-11)23-17(15)12-8-16(29-2)14(25(27)28)7-13(12)18(24)26;1-25-15-9-22-19(23-11-5-3-4-10(20)6-11)24-17(15)12-8-16(27-2)14(21)7-13(12)18(25)26/h4-7,12-14H,8-11H2,1-3H3,(H,25,26,27);4-7,12-14H,8-11,25H2,1-3H3,(H,26,27,28);3-9H,20H2,1-2H3,(H,21,22,23);3-9H,20-21H2,1-2H3,(H,22,23,24). The molecule has 0 radical (unpaired) electrons. The molecule has 632 valence electrons. The zero-order chi connectivity index (χ0) is 87.6. The van der Waals surface area contributed by atoms with E-state index in [-0.39, 0.29) is 50.3 Å². The molecule has 0 spiro atoms. The van der Waals surface area contributed by atoms with Crippen LogP contribution in [0.5, 0.6) is 23.0 Å². The van der Waals surface area contributed by atoms with Crippen molar-refractivity contribution in [3.63, 3.8) is 0 Å². The highest BCUT2D eigenvalue weighted by atomic mass is 16.6. The molecule has 0 bridgehead atoms. The Hall–Kier alpha value is -16.1. The summed E-state index contributed by atoms with van der Waals surface area (Å²) in [5.41, 5.74) is 34.0. The van der Waals surface area contributed by atoms with E-state index in [1.165, 1.54) is 75.7 Å². The molecule has 18 rings (SSSR count). The van der Waals surface area contributed by atoms with Gasteiger partial charge in [0.15, 0.2) is 11.5 Å². The number of nitrogen functional groups attached to an aromatic ring is 4. The summed E-state index contributed by atoms with van der Waals surface area (Å²) in [6, 6.07) is 42.9. The van der Waals surface area contributed by atoms with Crippen molar-refractivity contribution < 1.29 is 28.8 Å². The van der Waals surface area contributed by atoms with E-state index >= 15 is 0 Å². The average molecular weight is 1680 g/mol. The second-order valence-corrected chi connectivity index (χ2v) is 29.5. The summed E-state index contributed by atoms with van der Waals surface area (Å²) >= 11 is 0. The van der Waals surface area contributed by atoms with Gasteiger partial charge in [-0.1, -0.05) is 12.1 Å². The lowest BCUT2D eigenvalue weighted by molar-refractivity contribution is -0.385. The van der Waals surface area contributed by atoms with E-state index in [2.05, 4.69) is 114 Å². The molecule has 0 saturated carbocycles. The minimum absolute atomic E-state index is 0.0426. The van der Waals surface area contributed by atoms with Crippen molar-refractivity contribution in [3.05, 3.63) is 232 Å². The number of nitrogens with two attached hydrogens (primary N) is 4. The predicted molar refractivity (Wildman–Crippen MR) is 485 cm³/mol. The van der Waals surface area contributed by atoms with Crippen LogP contribution >= 0.6 is 0 Å². The minimum Gasteiger partial charge on any atom is -0.495 e. The summed E-state index contributed by atoms with van der Waals surface area (Å²) in [6.07, 6.45) is 6.36. The number of methoxy groups -OCH3 is 4. The molecule has 0 amide bonds. The fourth-order valence-corrected chi connectivity index (χ4v) is 14.9. The number of ether oxygens (including phenoxy) is 4.